The lowest BCUT2D eigenvalue weighted by Crippen LogP contribution is -2.19. The summed E-state index contributed by atoms with van der Waals surface area (Å²) in [7, 11) is 1.65. The van der Waals surface area contributed by atoms with E-state index in [-0.39, 0.29) is 11.5 Å². The molecule has 2 aromatic rings. The van der Waals surface area contributed by atoms with Crippen molar-refractivity contribution in [1.29, 1.82) is 0 Å². The fourth-order valence-corrected chi connectivity index (χ4v) is 2.47. The smallest absolute Gasteiger partial charge is 0.119 e. The molecule has 0 radical (unpaired) electrons. The lowest BCUT2D eigenvalue weighted by molar-refractivity contribution is 0.290. The van der Waals surface area contributed by atoms with Gasteiger partial charge in [0.05, 0.1) is 13.2 Å². The molecule has 1 atom stereocenters. The molecule has 0 saturated carbocycles. The van der Waals surface area contributed by atoms with Crippen LogP contribution in [0, 0.1) is 5.41 Å². The van der Waals surface area contributed by atoms with Crippen LogP contribution in [0.4, 0.5) is 0 Å². The second kappa shape index (κ2) is 7.51. The predicted molar refractivity (Wildman–Crippen MR) is 95.0 cm³/mol. The van der Waals surface area contributed by atoms with Gasteiger partial charge in [-0.2, -0.15) is 0 Å². The number of methoxy groups -OCH3 is 1. The maximum Gasteiger partial charge on any atom is 0.119 e. The third kappa shape index (κ3) is 5.61. The minimum atomic E-state index is -0.181. The maximum atomic E-state index is 6.20. The van der Waals surface area contributed by atoms with Gasteiger partial charge < -0.3 is 15.2 Å². The van der Waals surface area contributed by atoms with Gasteiger partial charge in [-0.25, -0.2) is 0 Å². The molecule has 0 spiro atoms. The highest BCUT2D eigenvalue weighted by molar-refractivity contribution is 5.31. The van der Waals surface area contributed by atoms with Gasteiger partial charge >= 0.3 is 0 Å². The molecule has 124 valence electrons. The largest absolute Gasteiger partial charge is 0.497 e. The summed E-state index contributed by atoms with van der Waals surface area (Å²) in [4.78, 5) is 0. The number of rotatable bonds is 6. The molecule has 0 aromatic heterocycles. The van der Waals surface area contributed by atoms with Crippen LogP contribution in [0.25, 0.3) is 0 Å². The number of nitrogens with two attached hydrogens (primary N) is 1. The molecular formula is C20H27NO2. The molecule has 0 saturated heterocycles. The normalized spacial score (nSPS) is 12.7. The van der Waals surface area contributed by atoms with Gasteiger partial charge in [-0.3, -0.25) is 0 Å². The second-order valence-electron chi connectivity index (χ2n) is 7.08. The highest BCUT2D eigenvalue weighted by Gasteiger charge is 2.11. The van der Waals surface area contributed by atoms with Gasteiger partial charge in [0.25, 0.3) is 0 Å². The van der Waals surface area contributed by atoms with Gasteiger partial charge in [0.15, 0.2) is 0 Å². The minimum Gasteiger partial charge on any atom is -0.497 e. The topological polar surface area (TPSA) is 44.5 Å². The van der Waals surface area contributed by atoms with Gasteiger partial charge in [0.1, 0.15) is 18.1 Å². The molecule has 0 amide bonds. The van der Waals surface area contributed by atoms with Gasteiger partial charge in [-0.05, 0) is 47.2 Å². The van der Waals surface area contributed by atoms with E-state index in [9.17, 15) is 0 Å². The minimum absolute atomic E-state index is 0.181. The Balaban J connectivity index is 1.92. The van der Waals surface area contributed by atoms with Crippen molar-refractivity contribution >= 4 is 0 Å². The van der Waals surface area contributed by atoms with E-state index in [1.807, 2.05) is 36.4 Å². The lowest BCUT2D eigenvalue weighted by atomic mass is 9.88. The van der Waals surface area contributed by atoms with Crippen LogP contribution in [0.5, 0.6) is 11.5 Å². The van der Waals surface area contributed by atoms with Gasteiger partial charge in [0.2, 0.25) is 0 Å². The zero-order chi connectivity index (χ0) is 16.9. The zero-order valence-corrected chi connectivity index (χ0v) is 14.5. The van der Waals surface area contributed by atoms with E-state index in [1.54, 1.807) is 7.11 Å². The molecule has 0 aliphatic rings. The standard InChI is InChI=1S/C20H27NO2/c1-20(2,3)13-15-8-10-17(11-9-15)23-14-19(21)16-6-5-7-18(12-16)22-4/h5-12,19H,13-14,21H2,1-4H3. The number of ether oxygens (including phenoxy) is 2. The van der Waals surface area contributed by atoms with Gasteiger partial charge in [-0.15, -0.1) is 0 Å². The first-order chi connectivity index (χ1) is 10.9. The number of benzene rings is 2. The van der Waals surface area contributed by atoms with Crippen molar-refractivity contribution in [3.63, 3.8) is 0 Å². The monoisotopic (exact) mass is 313 g/mol. The van der Waals surface area contributed by atoms with E-state index in [2.05, 4.69) is 32.9 Å². The molecule has 0 aliphatic carbocycles. The van der Waals surface area contributed by atoms with Crippen molar-refractivity contribution in [1.82, 2.24) is 0 Å². The summed E-state index contributed by atoms with van der Waals surface area (Å²) in [6.45, 7) is 7.16. The van der Waals surface area contributed by atoms with E-state index in [0.29, 0.717) is 6.61 Å². The first kappa shape index (κ1) is 17.4. The Hall–Kier alpha value is -2.00. The maximum absolute atomic E-state index is 6.20. The number of hydrogen-bond donors (Lipinski definition) is 1. The first-order valence-electron chi connectivity index (χ1n) is 7.99. The van der Waals surface area contributed by atoms with E-state index in [4.69, 9.17) is 15.2 Å². The molecule has 0 bridgehead atoms. The summed E-state index contributed by atoms with van der Waals surface area (Å²) >= 11 is 0. The third-order valence-electron chi connectivity index (χ3n) is 3.61. The highest BCUT2D eigenvalue weighted by Crippen LogP contribution is 2.23. The molecule has 2 aromatic carbocycles. The fraction of sp³-hybridized carbons (Fsp3) is 0.400. The molecule has 23 heavy (non-hydrogen) atoms. The average molecular weight is 313 g/mol. The van der Waals surface area contributed by atoms with E-state index < -0.39 is 0 Å². The lowest BCUT2D eigenvalue weighted by Gasteiger charge is -2.18. The third-order valence-corrected chi connectivity index (χ3v) is 3.61. The van der Waals surface area contributed by atoms with Crippen LogP contribution in [0.15, 0.2) is 48.5 Å². The highest BCUT2D eigenvalue weighted by atomic mass is 16.5. The summed E-state index contributed by atoms with van der Waals surface area (Å²) in [5.41, 5.74) is 8.82. The van der Waals surface area contributed by atoms with Crippen LogP contribution in [-0.2, 0) is 6.42 Å². The van der Waals surface area contributed by atoms with Crippen molar-refractivity contribution in [2.24, 2.45) is 11.1 Å². The Morgan fingerprint density at radius 3 is 2.30 bits per heavy atom. The zero-order valence-electron chi connectivity index (χ0n) is 14.5. The van der Waals surface area contributed by atoms with Crippen LogP contribution < -0.4 is 15.2 Å². The molecule has 3 nitrogen and oxygen atoms in total. The second-order valence-corrected chi connectivity index (χ2v) is 7.08. The molecule has 0 fully saturated rings. The quantitative estimate of drug-likeness (QED) is 0.861. The van der Waals surface area contributed by atoms with Crippen LogP contribution in [0.2, 0.25) is 0 Å². The molecule has 2 N–H and O–H groups in total. The van der Waals surface area contributed by atoms with Crippen molar-refractivity contribution in [3.8, 4) is 11.5 Å². The predicted octanol–water partition coefficient (Wildman–Crippen LogP) is 4.36. The van der Waals surface area contributed by atoms with E-state index in [0.717, 1.165) is 23.5 Å². The molecular weight excluding hydrogens is 286 g/mol. The van der Waals surface area contributed by atoms with Crippen LogP contribution in [0.1, 0.15) is 37.9 Å². The van der Waals surface area contributed by atoms with Gasteiger partial charge in [-0.1, -0.05) is 45.0 Å². The summed E-state index contributed by atoms with van der Waals surface area (Å²) in [6, 6.07) is 15.9. The Labute approximate surface area is 139 Å². The summed E-state index contributed by atoms with van der Waals surface area (Å²) in [5, 5.41) is 0. The van der Waals surface area contributed by atoms with Crippen molar-refractivity contribution < 1.29 is 9.47 Å². The molecule has 0 aliphatic heterocycles. The molecule has 1 unspecified atom stereocenters. The van der Waals surface area contributed by atoms with Gasteiger partial charge in [0, 0.05) is 0 Å². The van der Waals surface area contributed by atoms with Crippen molar-refractivity contribution in [2.45, 2.75) is 33.2 Å². The molecule has 0 heterocycles. The van der Waals surface area contributed by atoms with Crippen molar-refractivity contribution in [3.05, 3.63) is 59.7 Å². The molecule has 3 heteroatoms. The average Bonchev–Trinajstić information content (AvgIpc) is 2.52. The van der Waals surface area contributed by atoms with Crippen LogP contribution in [-0.4, -0.2) is 13.7 Å². The van der Waals surface area contributed by atoms with Crippen LogP contribution >= 0.6 is 0 Å². The molecule has 2 rings (SSSR count). The van der Waals surface area contributed by atoms with Crippen LogP contribution in [0.3, 0.4) is 0 Å². The number of hydrogen-bond acceptors (Lipinski definition) is 3. The SMILES string of the molecule is COc1cccc(C(N)COc2ccc(CC(C)(C)C)cc2)c1. The Morgan fingerprint density at radius 2 is 1.70 bits per heavy atom. The first-order valence-corrected chi connectivity index (χ1v) is 7.99. The van der Waals surface area contributed by atoms with Crippen molar-refractivity contribution in [2.75, 3.05) is 13.7 Å². The summed E-state index contributed by atoms with van der Waals surface area (Å²) < 4.78 is 11.0. The fourth-order valence-electron chi connectivity index (χ4n) is 2.47. The van der Waals surface area contributed by atoms with E-state index >= 15 is 0 Å². The Kier molecular flexibility index (Phi) is 5.67. The summed E-state index contributed by atoms with van der Waals surface area (Å²) in [5.74, 6) is 1.66. The summed E-state index contributed by atoms with van der Waals surface area (Å²) in [6.07, 6.45) is 1.05. The van der Waals surface area contributed by atoms with E-state index in [1.165, 1.54) is 5.56 Å². The Bertz CT molecular complexity index is 614. The Morgan fingerprint density at radius 1 is 1.00 bits per heavy atom.